The number of piperazine rings is 1. The van der Waals surface area contributed by atoms with Gasteiger partial charge in [0.15, 0.2) is 0 Å². The van der Waals surface area contributed by atoms with E-state index in [4.69, 9.17) is 0 Å². The van der Waals surface area contributed by atoms with E-state index in [0.29, 0.717) is 5.82 Å². The predicted molar refractivity (Wildman–Crippen MR) is 137 cm³/mol. The Bertz CT molecular complexity index is 1230. The van der Waals surface area contributed by atoms with Crippen LogP contribution in [0.25, 0.3) is 5.69 Å². The van der Waals surface area contributed by atoms with Crippen LogP contribution in [0.15, 0.2) is 53.8 Å². The van der Waals surface area contributed by atoms with Crippen molar-refractivity contribution in [1.29, 1.82) is 0 Å². The van der Waals surface area contributed by atoms with Gasteiger partial charge in [0.2, 0.25) is 5.88 Å². The largest absolute Gasteiger partial charge is 0.415 e. The lowest BCUT2D eigenvalue weighted by Gasteiger charge is -2.34. The number of hydrogen-bond acceptors (Lipinski definition) is 9. The average molecular weight is 513 g/mol. The number of ether oxygens (including phenoxy) is 1. The second-order valence-corrected chi connectivity index (χ2v) is 9.40. The predicted octanol–water partition coefficient (Wildman–Crippen LogP) is 2.82. The first-order chi connectivity index (χ1) is 17.9. The molecule has 4 heterocycles. The Morgan fingerprint density at radius 3 is 2.24 bits per heavy atom. The van der Waals surface area contributed by atoms with Gasteiger partial charge in [0.1, 0.15) is 11.6 Å². The molecule has 3 aromatic heterocycles. The standard InChI is InChI=1S/C25H30F2N8O2/c1-33-8-10-34(11-9-33)20-5-7-24(36)35(16-20)19-4-6-21(28-13-19)31-17-2-3-18(12-17)32-22-14-30-23(15-29-22)37-25(26)27/h4-7,13-18,25H,2-3,8-12H2,1H3,(H,28,31)(H,29,32)/t17-,18-/m0/s1. The summed E-state index contributed by atoms with van der Waals surface area (Å²) in [5.74, 6) is 1.04. The lowest BCUT2D eigenvalue weighted by molar-refractivity contribution is -0.0530. The molecule has 2 aliphatic rings. The Labute approximate surface area is 213 Å². The Morgan fingerprint density at radius 1 is 0.892 bits per heavy atom. The van der Waals surface area contributed by atoms with E-state index in [1.165, 1.54) is 12.4 Å². The van der Waals surface area contributed by atoms with Gasteiger partial charge in [0.25, 0.3) is 5.56 Å². The molecule has 2 N–H and O–H groups in total. The van der Waals surface area contributed by atoms with Crippen LogP contribution in [0.4, 0.5) is 26.1 Å². The van der Waals surface area contributed by atoms with Crippen molar-refractivity contribution in [2.75, 3.05) is 48.8 Å². The van der Waals surface area contributed by atoms with Gasteiger partial charge in [0.05, 0.1) is 30.0 Å². The third-order valence-corrected chi connectivity index (χ3v) is 6.76. The molecule has 37 heavy (non-hydrogen) atoms. The third-order valence-electron chi connectivity index (χ3n) is 6.76. The van der Waals surface area contributed by atoms with Gasteiger partial charge < -0.3 is 25.2 Å². The van der Waals surface area contributed by atoms with Gasteiger partial charge in [-0.05, 0) is 44.5 Å². The zero-order valence-electron chi connectivity index (χ0n) is 20.6. The monoisotopic (exact) mass is 512 g/mol. The van der Waals surface area contributed by atoms with Gasteiger partial charge in [-0.3, -0.25) is 9.36 Å². The molecule has 0 aromatic carbocycles. The second-order valence-electron chi connectivity index (χ2n) is 9.40. The van der Waals surface area contributed by atoms with E-state index < -0.39 is 6.61 Å². The lowest BCUT2D eigenvalue weighted by atomic mass is 10.2. The van der Waals surface area contributed by atoms with Crippen molar-refractivity contribution in [2.45, 2.75) is 38.0 Å². The molecule has 2 fully saturated rings. The van der Waals surface area contributed by atoms with Crippen LogP contribution in [0.5, 0.6) is 5.88 Å². The molecule has 0 radical (unpaired) electrons. The minimum atomic E-state index is -2.93. The molecule has 1 aliphatic carbocycles. The van der Waals surface area contributed by atoms with Crippen LogP contribution in [0.3, 0.4) is 0 Å². The number of nitrogens with zero attached hydrogens (tertiary/aromatic N) is 6. The molecule has 3 aromatic rings. The minimum absolute atomic E-state index is 0.0954. The molecule has 12 heteroatoms. The van der Waals surface area contributed by atoms with Crippen LogP contribution < -0.4 is 25.8 Å². The smallest absolute Gasteiger partial charge is 0.388 e. The summed E-state index contributed by atoms with van der Waals surface area (Å²) in [6, 6.07) is 7.66. The van der Waals surface area contributed by atoms with Crippen molar-refractivity contribution in [3.8, 4) is 11.6 Å². The molecule has 0 amide bonds. The van der Waals surface area contributed by atoms with Crippen LogP contribution in [0, 0.1) is 0 Å². The van der Waals surface area contributed by atoms with Crippen LogP contribution in [-0.4, -0.2) is 76.3 Å². The molecule has 196 valence electrons. The normalized spacial score (nSPS) is 20.3. The van der Waals surface area contributed by atoms with Gasteiger partial charge >= 0.3 is 6.61 Å². The van der Waals surface area contributed by atoms with Gasteiger partial charge in [0, 0.05) is 50.5 Å². The highest BCUT2D eigenvalue weighted by Gasteiger charge is 2.25. The van der Waals surface area contributed by atoms with Crippen LogP contribution in [-0.2, 0) is 0 Å². The van der Waals surface area contributed by atoms with E-state index >= 15 is 0 Å². The van der Waals surface area contributed by atoms with E-state index in [9.17, 15) is 13.6 Å². The van der Waals surface area contributed by atoms with E-state index in [1.54, 1.807) is 16.8 Å². The Morgan fingerprint density at radius 2 is 1.59 bits per heavy atom. The van der Waals surface area contributed by atoms with Crippen molar-refractivity contribution in [1.82, 2.24) is 24.4 Å². The number of halogens is 2. The molecule has 0 bridgehead atoms. The van der Waals surface area contributed by atoms with Gasteiger partial charge in [-0.2, -0.15) is 8.78 Å². The Kier molecular flexibility index (Phi) is 7.45. The van der Waals surface area contributed by atoms with Crippen molar-refractivity contribution < 1.29 is 13.5 Å². The molecule has 0 unspecified atom stereocenters. The van der Waals surface area contributed by atoms with Crippen molar-refractivity contribution in [3.05, 3.63) is 59.4 Å². The molecule has 1 aliphatic heterocycles. The molecular formula is C25H30F2N8O2. The SMILES string of the molecule is CN1CCN(c2ccc(=O)n(-c3ccc(N[C@H]4CC[C@H](Nc5cnc(OC(F)F)cn5)C4)nc3)c2)CC1. The summed E-state index contributed by atoms with van der Waals surface area (Å²) < 4.78 is 30.4. The summed E-state index contributed by atoms with van der Waals surface area (Å²) >= 11 is 0. The van der Waals surface area contributed by atoms with E-state index in [2.05, 4.69) is 47.2 Å². The number of nitrogens with one attached hydrogen (secondary N) is 2. The fourth-order valence-electron chi connectivity index (χ4n) is 4.75. The number of anilines is 3. The third kappa shape index (κ3) is 6.31. The molecule has 1 saturated carbocycles. The topological polar surface area (TPSA) is 100 Å². The second kappa shape index (κ2) is 11.1. The summed E-state index contributed by atoms with van der Waals surface area (Å²) in [5, 5.41) is 6.74. The highest BCUT2D eigenvalue weighted by molar-refractivity contribution is 5.48. The molecule has 10 nitrogen and oxygen atoms in total. The number of likely N-dealkylation sites (N-methyl/N-ethyl adjacent to an activating group) is 1. The highest BCUT2D eigenvalue weighted by atomic mass is 19.3. The summed E-state index contributed by atoms with van der Waals surface area (Å²) in [6.45, 7) is 0.921. The molecule has 0 spiro atoms. The maximum Gasteiger partial charge on any atom is 0.388 e. The van der Waals surface area contributed by atoms with Crippen molar-refractivity contribution in [3.63, 3.8) is 0 Å². The van der Waals surface area contributed by atoms with E-state index in [-0.39, 0.29) is 23.5 Å². The average Bonchev–Trinajstić information content (AvgIpc) is 3.33. The zero-order chi connectivity index (χ0) is 25.8. The minimum Gasteiger partial charge on any atom is -0.415 e. The van der Waals surface area contributed by atoms with Gasteiger partial charge in [-0.15, -0.1) is 0 Å². The Balaban J connectivity index is 1.17. The van der Waals surface area contributed by atoms with Gasteiger partial charge in [-0.25, -0.2) is 15.0 Å². The highest BCUT2D eigenvalue weighted by Crippen LogP contribution is 2.25. The molecule has 1 saturated heterocycles. The van der Waals surface area contributed by atoms with Crippen molar-refractivity contribution in [2.24, 2.45) is 0 Å². The first-order valence-electron chi connectivity index (χ1n) is 12.4. The fraction of sp³-hybridized carbons (Fsp3) is 0.440. The summed E-state index contributed by atoms with van der Waals surface area (Å²) in [6.07, 6.45) is 8.86. The van der Waals surface area contributed by atoms with Crippen LogP contribution in [0.2, 0.25) is 0 Å². The number of pyridine rings is 2. The zero-order valence-corrected chi connectivity index (χ0v) is 20.6. The van der Waals surface area contributed by atoms with Crippen molar-refractivity contribution >= 4 is 17.3 Å². The maximum absolute atomic E-state index is 12.6. The summed E-state index contributed by atoms with van der Waals surface area (Å²) in [7, 11) is 2.12. The maximum atomic E-state index is 12.6. The number of aromatic nitrogens is 4. The number of rotatable bonds is 8. The van der Waals surface area contributed by atoms with Crippen LogP contribution in [0.1, 0.15) is 19.3 Å². The van der Waals surface area contributed by atoms with Crippen LogP contribution >= 0.6 is 0 Å². The fourth-order valence-corrected chi connectivity index (χ4v) is 4.75. The number of alkyl halides is 2. The lowest BCUT2D eigenvalue weighted by Crippen LogP contribution is -2.44. The summed E-state index contributed by atoms with van der Waals surface area (Å²) in [4.78, 5) is 29.6. The molecule has 2 atom stereocenters. The quantitative estimate of drug-likeness (QED) is 0.472. The molecule has 5 rings (SSSR count). The molecular weight excluding hydrogens is 482 g/mol. The first-order valence-corrected chi connectivity index (χ1v) is 12.4. The van der Waals surface area contributed by atoms with E-state index in [1.807, 2.05) is 24.4 Å². The number of hydrogen-bond donors (Lipinski definition) is 2. The van der Waals surface area contributed by atoms with Gasteiger partial charge in [-0.1, -0.05) is 0 Å². The summed E-state index contributed by atoms with van der Waals surface area (Å²) in [5.41, 5.74) is 1.65. The Hall–Kier alpha value is -3.80. The first kappa shape index (κ1) is 24.9. The van der Waals surface area contributed by atoms with E-state index in [0.717, 1.165) is 62.6 Å².